The molecule has 3 aromatic heterocycles. The van der Waals surface area contributed by atoms with Gasteiger partial charge in [-0.1, -0.05) is 19.1 Å². The predicted octanol–water partition coefficient (Wildman–Crippen LogP) is 4.68. The number of nitrogens with zero attached hydrogens (tertiary/aromatic N) is 5. The number of benzene rings is 1. The van der Waals surface area contributed by atoms with Gasteiger partial charge in [0.15, 0.2) is 21.3 Å². The molecule has 0 aliphatic rings. The van der Waals surface area contributed by atoms with E-state index in [9.17, 15) is 34.8 Å². The topological polar surface area (TPSA) is 90.1 Å². The number of hydrogen-bond acceptors (Lipinski definition) is 6. The van der Waals surface area contributed by atoms with Gasteiger partial charge in [0.1, 0.15) is 5.69 Å². The first-order valence-electron chi connectivity index (χ1n) is 9.51. The molecule has 0 saturated carbocycles. The first kappa shape index (κ1) is 23.6. The van der Waals surface area contributed by atoms with E-state index in [0.717, 1.165) is 42.7 Å². The monoisotopic (exact) mass is 501 g/mol. The van der Waals surface area contributed by atoms with E-state index in [2.05, 4.69) is 20.2 Å². The Balaban J connectivity index is 1.99. The van der Waals surface area contributed by atoms with Crippen LogP contribution in [0.1, 0.15) is 18.3 Å². The Kier molecular flexibility index (Phi) is 5.58. The summed E-state index contributed by atoms with van der Waals surface area (Å²) in [7, 11) is -4.11. The van der Waals surface area contributed by atoms with Crippen molar-refractivity contribution < 1.29 is 34.8 Å². The highest BCUT2D eigenvalue weighted by Crippen LogP contribution is 2.35. The zero-order valence-corrected chi connectivity index (χ0v) is 17.9. The third-order valence-corrected chi connectivity index (χ3v) is 6.62. The average molecular weight is 501 g/mol. The number of pyridine rings is 1. The van der Waals surface area contributed by atoms with Gasteiger partial charge in [-0.3, -0.25) is 9.38 Å². The maximum Gasteiger partial charge on any atom is 0.450 e. The molecule has 0 fully saturated rings. The van der Waals surface area contributed by atoms with Crippen LogP contribution >= 0.6 is 0 Å². The van der Waals surface area contributed by atoms with E-state index in [4.69, 9.17) is 0 Å². The van der Waals surface area contributed by atoms with Gasteiger partial charge in [0.2, 0.25) is 5.82 Å². The minimum Gasteiger partial charge on any atom is -0.253 e. The quantitative estimate of drug-likeness (QED) is 0.377. The summed E-state index contributed by atoms with van der Waals surface area (Å²) in [6, 6.07) is 6.35. The Hall–Kier alpha value is -3.55. The second-order valence-electron chi connectivity index (χ2n) is 7.04. The molecule has 0 unspecified atom stereocenters. The van der Waals surface area contributed by atoms with Crippen LogP contribution in [0.15, 0.2) is 53.7 Å². The fraction of sp³-hybridized carbons (Fsp3) is 0.200. The summed E-state index contributed by atoms with van der Waals surface area (Å²) in [4.78, 5) is 6.82. The van der Waals surface area contributed by atoms with Crippen molar-refractivity contribution in [3.8, 4) is 22.6 Å². The highest BCUT2D eigenvalue weighted by molar-refractivity contribution is 7.91. The number of sulfone groups is 1. The molecule has 0 N–H and O–H groups in total. The normalized spacial score (nSPS) is 12.9. The largest absolute Gasteiger partial charge is 0.450 e. The van der Waals surface area contributed by atoms with Crippen molar-refractivity contribution in [3.05, 3.63) is 60.2 Å². The fourth-order valence-corrected chi connectivity index (χ4v) is 4.29. The van der Waals surface area contributed by atoms with Gasteiger partial charge in [0, 0.05) is 24.0 Å². The minimum absolute atomic E-state index is 0.0184. The molecule has 7 nitrogen and oxygen atoms in total. The lowest BCUT2D eigenvalue weighted by Crippen LogP contribution is -2.16. The van der Waals surface area contributed by atoms with Crippen LogP contribution in [0, 0.1) is 0 Å². The number of fused-ring (bicyclic) bond motifs is 1. The Morgan fingerprint density at radius 3 is 2.29 bits per heavy atom. The van der Waals surface area contributed by atoms with Gasteiger partial charge in [0.05, 0.1) is 16.2 Å². The van der Waals surface area contributed by atoms with Crippen LogP contribution in [-0.4, -0.2) is 38.7 Å². The molecule has 1 aromatic carbocycles. The van der Waals surface area contributed by atoms with Gasteiger partial charge in [-0.2, -0.15) is 26.3 Å². The number of rotatable bonds is 4. The molecule has 0 amide bonds. The maximum atomic E-state index is 13.5. The number of halogens is 6. The molecule has 0 radical (unpaired) electrons. The highest BCUT2D eigenvalue weighted by atomic mass is 32.2. The van der Waals surface area contributed by atoms with Crippen LogP contribution < -0.4 is 0 Å². The molecule has 14 heteroatoms. The molecular weight excluding hydrogens is 488 g/mol. The van der Waals surface area contributed by atoms with E-state index in [1.165, 1.54) is 13.0 Å². The summed E-state index contributed by atoms with van der Waals surface area (Å²) in [5.74, 6) is -2.37. The Bertz CT molecular complexity index is 1500. The molecule has 0 aliphatic carbocycles. The second-order valence-corrected chi connectivity index (χ2v) is 9.28. The molecule has 0 atom stereocenters. The lowest BCUT2D eigenvalue weighted by Gasteiger charge is -2.13. The van der Waals surface area contributed by atoms with Crippen LogP contribution in [0.5, 0.6) is 0 Å². The zero-order chi connectivity index (χ0) is 24.9. The summed E-state index contributed by atoms with van der Waals surface area (Å²) in [5.41, 5.74) is -1.61. The Morgan fingerprint density at radius 1 is 0.912 bits per heavy atom. The lowest BCUT2D eigenvalue weighted by molar-refractivity contribution is -0.145. The summed E-state index contributed by atoms with van der Waals surface area (Å²) < 4.78 is 106. The first-order valence-corrected chi connectivity index (χ1v) is 11.2. The molecule has 178 valence electrons. The van der Waals surface area contributed by atoms with Crippen molar-refractivity contribution in [2.75, 3.05) is 5.75 Å². The van der Waals surface area contributed by atoms with Crippen molar-refractivity contribution >= 4 is 15.5 Å². The van der Waals surface area contributed by atoms with Crippen molar-refractivity contribution in [2.45, 2.75) is 24.2 Å². The molecule has 0 saturated heterocycles. The number of aromatic nitrogens is 5. The molecule has 0 aliphatic heterocycles. The van der Waals surface area contributed by atoms with Crippen LogP contribution in [0.25, 0.3) is 28.3 Å². The minimum atomic E-state index is -4.92. The van der Waals surface area contributed by atoms with Crippen LogP contribution in [0.3, 0.4) is 0 Å². The van der Waals surface area contributed by atoms with E-state index in [1.807, 2.05) is 0 Å². The van der Waals surface area contributed by atoms with E-state index < -0.39 is 55.7 Å². The van der Waals surface area contributed by atoms with Gasteiger partial charge >= 0.3 is 12.4 Å². The Morgan fingerprint density at radius 2 is 1.65 bits per heavy atom. The summed E-state index contributed by atoms with van der Waals surface area (Å²) in [6.45, 7) is 1.31. The van der Waals surface area contributed by atoms with E-state index in [0.29, 0.717) is 4.40 Å². The Labute approximate surface area is 188 Å². The fourth-order valence-electron chi connectivity index (χ4n) is 3.24. The van der Waals surface area contributed by atoms with Gasteiger partial charge in [-0.15, -0.1) is 10.2 Å². The summed E-state index contributed by atoms with van der Waals surface area (Å²) in [6.07, 6.45) is -7.61. The zero-order valence-electron chi connectivity index (χ0n) is 17.1. The van der Waals surface area contributed by atoms with Crippen LogP contribution in [-0.2, 0) is 22.2 Å². The van der Waals surface area contributed by atoms with Crippen molar-refractivity contribution in [3.63, 3.8) is 0 Å². The van der Waals surface area contributed by atoms with E-state index in [-0.39, 0.29) is 16.8 Å². The van der Waals surface area contributed by atoms with E-state index in [1.54, 1.807) is 0 Å². The van der Waals surface area contributed by atoms with Gasteiger partial charge < -0.3 is 0 Å². The summed E-state index contributed by atoms with van der Waals surface area (Å²) >= 11 is 0. The van der Waals surface area contributed by atoms with Crippen molar-refractivity contribution in [1.82, 2.24) is 24.6 Å². The maximum absolute atomic E-state index is 13.5. The third kappa shape index (κ3) is 4.20. The molecule has 0 spiro atoms. The molecule has 4 rings (SSSR count). The number of hydrogen-bond donors (Lipinski definition) is 0. The molecule has 0 bridgehead atoms. The average Bonchev–Trinajstić information content (AvgIpc) is 3.21. The van der Waals surface area contributed by atoms with E-state index >= 15 is 0 Å². The SMILES string of the molecule is CCS(=O)(=O)c1cc(-c2cccc(C(F)(F)F)c2)cnc1-c1nnc2ccnc(C(F)(F)F)n12. The summed E-state index contributed by atoms with van der Waals surface area (Å²) in [5, 5.41) is 7.34. The smallest absolute Gasteiger partial charge is 0.253 e. The van der Waals surface area contributed by atoms with Crippen molar-refractivity contribution in [2.24, 2.45) is 0 Å². The molecule has 3 heterocycles. The van der Waals surface area contributed by atoms with Crippen LogP contribution in [0.2, 0.25) is 0 Å². The lowest BCUT2D eigenvalue weighted by atomic mass is 10.0. The molecule has 34 heavy (non-hydrogen) atoms. The standard InChI is InChI=1S/C20H13F6N5O2S/c1-2-34(32,33)14-9-12(11-4-3-5-13(8-11)19(21,22)23)10-28-16(14)17-30-29-15-6-7-27-18(31(15)17)20(24,25)26/h3-10H,2H2,1H3. The highest BCUT2D eigenvalue weighted by Gasteiger charge is 2.38. The van der Waals surface area contributed by atoms with Crippen LogP contribution in [0.4, 0.5) is 26.3 Å². The third-order valence-electron chi connectivity index (χ3n) is 4.88. The van der Waals surface area contributed by atoms with Gasteiger partial charge in [-0.25, -0.2) is 13.4 Å². The first-order chi connectivity index (χ1) is 15.8. The van der Waals surface area contributed by atoms with Gasteiger partial charge in [0.25, 0.3) is 0 Å². The number of alkyl halides is 6. The second kappa shape index (κ2) is 8.04. The van der Waals surface area contributed by atoms with Crippen molar-refractivity contribution in [1.29, 1.82) is 0 Å². The predicted molar refractivity (Wildman–Crippen MR) is 107 cm³/mol. The molecule has 4 aromatic rings. The molecular formula is C20H13F6N5O2S. The van der Waals surface area contributed by atoms with Gasteiger partial charge in [-0.05, 0) is 23.8 Å².